The van der Waals surface area contributed by atoms with Crippen molar-refractivity contribution >= 4 is 50.0 Å². The van der Waals surface area contributed by atoms with Crippen LogP contribution in [0.2, 0.25) is 18.1 Å². The maximum atomic E-state index is 15.0. The van der Waals surface area contributed by atoms with Crippen LogP contribution in [0.3, 0.4) is 0 Å². The van der Waals surface area contributed by atoms with Crippen LogP contribution < -0.4 is 10.6 Å². The molecule has 0 aromatic heterocycles. The first kappa shape index (κ1) is 100. The number of hydrogen-bond donors (Lipinski definition) is 4. The monoisotopic (exact) mass is 1520 g/mol. The number of carbonyl (C=O) groups is 7. The maximum Gasteiger partial charge on any atom is 0.328 e. The highest BCUT2D eigenvalue weighted by Crippen LogP contribution is 2.38. The molecule has 0 radical (unpaired) electrons. The number of unbranched alkanes of at least 4 members (excludes halogenated alkanes) is 42. The predicted octanol–water partition coefficient (Wildman–Crippen LogP) is 22.2. The molecule has 19 heteroatoms. The van der Waals surface area contributed by atoms with Gasteiger partial charge in [-0.25, -0.2) is 4.79 Å². The molecule has 1 heterocycles. The first-order chi connectivity index (χ1) is 51.0. The third kappa shape index (κ3) is 53.3. The Bertz CT molecular complexity index is 2200. The second-order valence-corrected chi connectivity index (χ2v) is 37.7. The first-order valence-corrected chi connectivity index (χ1v) is 47.1. The number of nitrogens with one attached hydrogen (secondary N) is 2. The van der Waals surface area contributed by atoms with E-state index in [1.807, 2.05) is 13.1 Å². The largest absolute Gasteiger partial charge is 0.480 e. The van der Waals surface area contributed by atoms with E-state index in [1.54, 1.807) is 0 Å². The van der Waals surface area contributed by atoms with E-state index in [0.29, 0.717) is 51.4 Å². The number of carbonyl (C=O) groups excluding carboxylic acids is 6. The highest BCUT2D eigenvalue weighted by molar-refractivity contribution is 6.74. The summed E-state index contributed by atoms with van der Waals surface area (Å²) in [5, 5.41) is 28.9. The lowest BCUT2D eigenvalue weighted by atomic mass is 9.95. The zero-order valence-electron chi connectivity index (χ0n) is 70.0. The van der Waals surface area contributed by atoms with Crippen LogP contribution in [0.25, 0.3) is 0 Å². The van der Waals surface area contributed by atoms with E-state index in [9.17, 15) is 43.8 Å². The van der Waals surface area contributed by atoms with E-state index in [0.717, 1.165) is 180 Å². The molecular formula is C87H164N2O16Si. The molecule has 106 heavy (non-hydrogen) atoms. The van der Waals surface area contributed by atoms with Crippen LogP contribution in [0.4, 0.5) is 0 Å². The fraction of sp³-hybridized carbons (Fsp3) is 0.920. The lowest BCUT2D eigenvalue weighted by Gasteiger charge is -2.45. The summed E-state index contributed by atoms with van der Waals surface area (Å²) in [6.07, 6.45) is 42.9. The number of aliphatic carboxylic acids is 1. The highest BCUT2D eigenvalue weighted by atomic mass is 28.4. The molecule has 1 aliphatic rings. The van der Waals surface area contributed by atoms with E-state index in [1.165, 1.54) is 96.3 Å². The van der Waals surface area contributed by atoms with Crippen LogP contribution in [0.1, 0.15) is 428 Å². The number of aliphatic hydroxyl groups is 1. The standard InChI is InChI=1S/C87H164N2O16Si/c1-12-18-24-30-36-39-45-48-54-60-71(101-78(92)63-57-51-42-33-27-21-15-4)66-76(90)88-74(85(97)98)69-99-86-82(89-77(91)67-72(61-55-49-46-40-37-31-25-19-13-2)102-79(93)64-58-52-43-34-28-22-16-5)84(83(96)75(104-86)70-100-106(10,11)87(7,8)9)105-81(95)68-73(62-56-50-47-41-38-32-26-20-14-3)103-80(94)65-59-53-44-35-29-23-17-6/h71-75,82-84,86,96H,12-70H2,1-11H3,(H,88,90)(H,89,91)(H,97,98)/t71-,72-,73-,74+,75-,82-,83-,84-,86-/m1/s1. The van der Waals surface area contributed by atoms with Gasteiger partial charge in [0.1, 0.15) is 36.6 Å². The van der Waals surface area contributed by atoms with Gasteiger partial charge in [-0.1, -0.05) is 332 Å². The molecule has 1 rings (SSSR count). The van der Waals surface area contributed by atoms with E-state index >= 15 is 0 Å². The van der Waals surface area contributed by atoms with Gasteiger partial charge < -0.3 is 53.7 Å². The van der Waals surface area contributed by atoms with Crippen LogP contribution in [0.15, 0.2) is 0 Å². The smallest absolute Gasteiger partial charge is 0.328 e. The summed E-state index contributed by atoms with van der Waals surface area (Å²) in [6, 6.07) is -3.20. The van der Waals surface area contributed by atoms with Gasteiger partial charge in [-0.3, -0.25) is 28.8 Å². The molecule has 2 amide bonds. The predicted molar refractivity (Wildman–Crippen MR) is 432 cm³/mol. The Balaban J connectivity index is 3.93. The molecule has 1 fully saturated rings. The third-order valence-corrected chi connectivity index (χ3v) is 26.2. The van der Waals surface area contributed by atoms with Crippen molar-refractivity contribution in [3.8, 4) is 0 Å². The second-order valence-electron chi connectivity index (χ2n) is 32.9. The van der Waals surface area contributed by atoms with Gasteiger partial charge in [-0.05, 0) is 75.9 Å². The Labute approximate surface area is 648 Å². The zero-order chi connectivity index (χ0) is 78.3. The molecule has 4 N–H and O–H groups in total. The molecule has 0 aliphatic carbocycles. The summed E-state index contributed by atoms with van der Waals surface area (Å²) in [7, 11) is -2.59. The molecular weight excluding hydrogens is 1360 g/mol. The molecule has 0 aromatic rings. The topological polar surface area (TPSA) is 249 Å². The molecule has 0 aromatic carbocycles. The van der Waals surface area contributed by atoms with Gasteiger partial charge in [0, 0.05) is 19.3 Å². The molecule has 18 nitrogen and oxygen atoms in total. The van der Waals surface area contributed by atoms with Crippen molar-refractivity contribution in [2.45, 2.75) is 501 Å². The Morgan fingerprint density at radius 3 is 1.04 bits per heavy atom. The van der Waals surface area contributed by atoms with Crippen molar-refractivity contribution < 1.29 is 76.6 Å². The number of carboxylic acid groups (broad SMARTS) is 1. The Morgan fingerprint density at radius 1 is 0.415 bits per heavy atom. The Hall–Kier alpha value is -3.65. The van der Waals surface area contributed by atoms with Crippen LogP contribution >= 0.6 is 0 Å². The van der Waals surface area contributed by atoms with Gasteiger partial charge in [-0.2, -0.15) is 0 Å². The van der Waals surface area contributed by atoms with Crippen molar-refractivity contribution in [1.29, 1.82) is 0 Å². The number of hydrogen-bond acceptors (Lipinski definition) is 15. The van der Waals surface area contributed by atoms with E-state index in [-0.39, 0.29) is 50.2 Å². The Morgan fingerprint density at radius 2 is 0.717 bits per heavy atom. The molecule has 1 saturated heterocycles. The lowest BCUT2D eigenvalue weighted by molar-refractivity contribution is -0.274. The van der Waals surface area contributed by atoms with Crippen LogP contribution in [0, 0.1) is 0 Å². The summed E-state index contributed by atoms with van der Waals surface area (Å²) in [4.78, 5) is 98.2. The van der Waals surface area contributed by atoms with Gasteiger partial charge in [0.25, 0.3) is 0 Å². The number of ether oxygens (including phenoxy) is 6. The average molecular weight is 1520 g/mol. The van der Waals surface area contributed by atoms with E-state index in [4.69, 9.17) is 32.8 Å². The molecule has 9 atom stereocenters. The number of rotatable bonds is 73. The molecule has 0 unspecified atom stereocenters. The van der Waals surface area contributed by atoms with Gasteiger partial charge in [-0.15, -0.1) is 0 Å². The molecule has 0 bridgehead atoms. The van der Waals surface area contributed by atoms with Crippen molar-refractivity contribution in [3.05, 3.63) is 0 Å². The number of amides is 2. The van der Waals surface area contributed by atoms with Gasteiger partial charge in [0.15, 0.2) is 26.8 Å². The van der Waals surface area contributed by atoms with Crippen molar-refractivity contribution in [2.24, 2.45) is 0 Å². The lowest BCUT2D eigenvalue weighted by Crippen LogP contribution is -2.67. The number of esters is 4. The van der Waals surface area contributed by atoms with Crippen LogP contribution in [-0.4, -0.2) is 128 Å². The number of aliphatic hydroxyl groups excluding tert-OH is 1. The summed E-state index contributed by atoms with van der Waals surface area (Å²) in [6.45, 7) is 22.6. The number of carboxylic acids is 1. The van der Waals surface area contributed by atoms with E-state index in [2.05, 4.69) is 72.9 Å². The summed E-state index contributed by atoms with van der Waals surface area (Å²) in [5.41, 5.74) is 0. The summed E-state index contributed by atoms with van der Waals surface area (Å²) < 4.78 is 44.6. The fourth-order valence-corrected chi connectivity index (χ4v) is 14.7. The summed E-state index contributed by atoms with van der Waals surface area (Å²) >= 11 is 0. The normalized spacial score (nSPS) is 17.3. The minimum atomic E-state index is -2.59. The average Bonchev–Trinajstić information content (AvgIpc) is 0.786. The molecule has 0 spiro atoms. The minimum absolute atomic E-state index is 0.198. The Kier molecular flexibility index (Phi) is 62.5. The zero-order valence-corrected chi connectivity index (χ0v) is 71.0. The van der Waals surface area contributed by atoms with Crippen molar-refractivity contribution in [3.63, 3.8) is 0 Å². The minimum Gasteiger partial charge on any atom is -0.480 e. The molecule has 1 aliphatic heterocycles. The van der Waals surface area contributed by atoms with Gasteiger partial charge in [0.2, 0.25) is 11.8 Å². The van der Waals surface area contributed by atoms with Crippen molar-refractivity contribution in [2.75, 3.05) is 13.2 Å². The van der Waals surface area contributed by atoms with E-state index < -0.39 is 112 Å². The highest BCUT2D eigenvalue weighted by Gasteiger charge is 2.51. The molecule has 622 valence electrons. The maximum absolute atomic E-state index is 15.0. The van der Waals surface area contributed by atoms with Gasteiger partial charge >= 0.3 is 29.8 Å². The quantitative estimate of drug-likeness (QED) is 0.0191. The third-order valence-electron chi connectivity index (χ3n) is 21.7. The SMILES string of the molecule is CCCCCCCCCCC[C@H](CC(=O)N[C@H]1[C@H](OC[C@H](NC(=O)C[C@@H](CCCCCCCCCCC)OC(=O)CCCCCCCCC)C(=O)O)O[C@H](CO[Si](C)(C)C(C)(C)C)[C@@H](O)[C@@H]1OC(=O)C[C@@H](CCCCCCCCCCC)OC(=O)CCCCCCCCC)OC(=O)CCCCCCCCC. The van der Waals surface area contributed by atoms with Crippen LogP contribution in [0.5, 0.6) is 0 Å². The van der Waals surface area contributed by atoms with Gasteiger partial charge in [0.05, 0.1) is 32.5 Å². The molecule has 0 saturated carbocycles. The van der Waals surface area contributed by atoms with Crippen LogP contribution in [-0.2, 0) is 66.4 Å². The fourth-order valence-electron chi connectivity index (χ4n) is 13.7. The summed E-state index contributed by atoms with van der Waals surface area (Å²) in [5.74, 6) is -4.72. The first-order valence-electron chi connectivity index (χ1n) is 44.2. The van der Waals surface area contributed by atoms with Crippen molar-refractivity contribution in [1.82, 2.24) is 10.6 Å². The second kappa shape index (κ2) is 66.0.